The molecule has 0 saturated carbocycles. The van der Waals surface area contributed by atoms with Gasteiger partial charge in [0.1, 0.15) is 0 Å². The van der Waals surface area contributed by atoms with Gasteiger partial charge in [0.05, 0.1) is 5.41 Å². The van der Waals surface area contributed by atoms with Crippen LogP contribution in [0.5, 0.6) is 0 Å². The Labute approximate surface area is 106 Å². The number of urea groups is 1. The molecule has 0 unspecified atom stereocenters. The molecule has 18 heavy (non-hydrogen) atoms. The van der Waals surface area contributed by atoms with E-state index in [-0.39, 0.29) is 13.0 Å². The maximum absolute atomic E-state index is 11.5. The van der Waals surface area contributed by atoms with Crippen LogP contribution in [-0.2, 0) is 9.59 Å². The average Bonchev–Trinajstić information content (AvgIpc) is 2.11. The molecule has 0 saturated heterocycles. The zero-order valence-corrected chi connectivity index (χ0v) is 11.2. The van der Waals surface area contributed by atoms with Crippen LogP contribution in [0.4, 0.5) is 4.79 Å². The lowest BCUT2D eigenvalue weighted by molar-refractivity contribution is -0.146. The molecule has 0 aliphatic heterocycles. The summed E-state index contributed by atoms with van der Waals surface area (Å²) in [6.45, 7) is 6.30. The van der Waals surface area contributed by atoms with Crippen LogP contribution in [0.25, 0.3) is 0 Å². The predicted molar refractivity (Wildman–Crippen MR) is 65.8 cm³/mol. The Morgan fingerprint density at radius 3 is 2.06 bits per heavy atom. The van der Waals surface area contributed by atoms with E-state index in [4.69, 9.17) is 10.8 Å². The average molecular weight is 259 g/mol. The molecular weight excluding hydrogens is 238 g/mol. The van der Waals surface area contributed by atoms with Crippen molar-refractivity contribution < 1.29 is 19.5 Å². The van der Waals surface area contributed by atoms with Gasteiger partial charge in [0.25, 0.3) is 0 Å². The monoisotopic (exact) mass is 259 g/mol. The van der Waals surface area contributed by atoms with E-state index in [9.17, 15) is 14.4 Å². The van der Waals surface area contributed by atoms with Gasteiger partial charge in [-0.2, -0.15) is 0 Å². The van der Waals surface area contributed by atoms with Crippen molar-refractivity contribution in [3.05, 3.63) is 0 Å². The summed E-state index contributed by atoms with van der Waals surface area (Å²) in [5, 5.41) is 13.9. The van der Waals surface area contributed by atoms with E-state index < -0.39 is 28.9 Å². The fourth-order valence-electron chi connectivity index (χ4n) is 1.21. The summed E-state index contributed by atoms with van der Waals surface area (Å²) < 4.78 is 0. The van der Waals surface area contributed by atoms with Crippen LogP contribution in [0, 0.1) is 5.41 Å². The van der Waals surface area contributed by atoms with Crippen molar-refractivity contribution in [2.24, 2.45) is 11.1 Å². The fourth-order valence-corrected chi connectivity index (χ4v) is 1.21. The number of carboxylic acid groups (broad SMARTS) is 1. The van der Waals surface area contributed by atoms with E-state index >= 15 is 0 Å². The predicted octanol–water partition coefficient (Wildman–Crippen LogP) is 0.0504. The SMILES string of the molecule is CC(C)(CC(N)=O)NC(=O)NCC(C)(C)C(=O)O. The number of aliphatic carboxylic acids is 1. The molecule has 0 spiro atoms. The maximum atomic E-state index is 11.5. The van der Waals surface area contributed by atoms with Crippen LogP contribution < -0.4 is 16.4 Å². The molecule has 7 nitrogen and oxygen atoms in total. The van der Waals surface area contributed by atoms with E-state index in [0.717, 1.165) is 0 Å². The minimum absolute atomic E-state index is 0.00272. The molecule has 3 amide bonds. The first-order valence-corrected chi connectivity index (χ1v) is 5.54. The highest BCUT2D eigenvalue weighted by atomic mass is 16.4. The van der Waals surface area contributed by atoms with Crippen LogP contribution >= 0.6 is 0 Å². The minimum atomic E-state index is -1.05. The number of rotatable bonds is 6. The molecular formula is C11H21N3O4. The normalized spacial score (nSPS) is 11.8. The van der Waals surface area contributed by atoms with Crippen molar-refractivity contribution in [3.8, 4) is 0 Å². The number of carbonyl (C=O) groups excluding carboxylic acids is 2. The lowest BCUT2D eigenvalue weighted by atomic mass is 9.94. The number of hydrogen-bond donors (Lipinski definition) is 4. The second kappa shape index (κ2) is 5.70. The molecule has 0 bridgehead atoms. The maximum Gasteiger partial charge on any atom is 0.315 e. The molecule has 0 rings (SSSR count). The number of carboxylic acids is 1. The van der Waals surface area contributed by atoms with Crippen LogP contribution in [0.3, 0.4) is 0 Å². The van der Waals surface area contributed by atoms with E-state index in [1.165, 1.54) is 13.8 Å². The van der Waals surface area contributed by atoms with Gasteiger partial charge in [-0.25, -0.2) is 4.79 Å². The highest BCUT2D eigenvalue weighted by molar-refractivity contribution is 5.79. The summed E-state index contributed by atoms with van der Waals surface area (Å²) in [7, 11) is 0. The fraction of sp³-hybridized carbons (Fsp3) is 0.727. The van der Waals surface area contributed by atoms with Crippen LogP contribution in [0.1, 0.15) is 34.1 Å². The molecule has 5 N–H and O–H groups in total. The summed E-state index contributed by atoms with van der Waals surface area (Å²) in [5.41, 5.74) is 3.22. The molecule has 104 valence electrons. The molecule has 0 heterocycles. The number of carbonyl (C=O) groups is 3. The van der Waals surface area contributed by atoms with E-state index in [1.807, 2.05) is 0 Å². The molecule has 7 heteroatoms. The molecule has 0 aromatic carbocycles. The molecule has 0 radical (unpaired) electrons. The lowest BCUT2D eigenvalue weighted by Crippen LogP contribution is -2.52. The number of amides is 3. The third-order valence-electron chi connectivity index (χ3n) is 2.34. The van der Waals surface area contributed by atoms with E-state index in [2.05, 4.69) is 10.6 Å². The van der Waals surface area contributed by atoms with Crippen molar-refractivity contribution in [1.82, 2.24) is 10.6 Å². The summed E-state index contributed by atoms with van der Waals surface area (Å²) in [6.07, 6.45) is 0.00272. The lowest BCUT2D eigenvalue weighted by Gasteiger charge is -2.26. The van der Waals surface area contributed by atoms with Crippen molar-refractivity contribution in [1.29, 1.82) is 0 Å². The highest BCUT2D eigenvalue weighted by Gasteiger charge is 2.29. The van der Waals surface area contributed by atoms with Gasteiger partial charge in [-0.1, -0.05) is 0 Å². The zero-order chi connectivity index (χ0) is 14.6. The zero-order valence-electron chi connectivity index (χ0n) is 11.2. The van der Waals surface area contributed by atoms with Gasteiger partial charge in [-0.05, 0) is 27.7 Å². The van der Waals surface area contributed by atoms with Crippen LogP contribution in [0.2, 0.25) is 0 Å². The van der Waals surface area contributed by atoms with E-state index in [1.54, 1.807) is 13.8 Å². The Morgan fingerprint density at radius 2 is 1.67 bits per heavy atom. The van der Waals surface area contributed by atoms with Crippen molar-refractivity contribution in [2.45, 2.75) is 39.7 Å². The van der Waals surface area contributed by atoms with Gasteiger partial charge in [0.2, 0.25) is 5.91 Å². The summed E-state index contributed by atoms with van der Waals surface area (Å²) >= 11 is 0. The van der Waals surface area contributed by atoms with Crippen LogP contribution in [0.15, 0.2) is 0 Å². The Balaban J connectivity index is 4.28. The first kappa shape index (κ1) is 16.2. The Morgan fingerprint density at radius 1 is 1.17 bits per heavy atom. The first-order chi connectivity index (χ1) is 7.96. The number of nitrogens with one attached hydrogen (secondary N) is 2. The Kier molecular flexibility index (Phi) is 5.13. The summed E-state index contributed by atoms with van der Waals surface area (Å²) in [6, 6.07) is -0.532. The van der Waals surface area contributed by atoms with Crippen LogP contribution in [-0.4, -0.2) is 35.1 Å². The number of hydrogen-bond acceptors (Lipinski definition) is 3. The van der Waals surface area contributed by atoms with Gasteiger partial charge in [0, 0.05) is 18.5 Å². The Bertz CT molecular complexity index is 350. The molecule has 0 aliphatic rings. The Hall–Kier alpha value is -1.79. The number of nitrogens with two attached hydrogens (primary N) is 1. The third kappa shape index (κ3) is 6.07. The minimum Gasteiger partial charge on any atom is -0.481 e. The molecule has 0 aromatic heterocycles. The quantitative estimate of drug-likeness (QED) is 0.538. The largest absolute Gasteiger partial charge is 0.481 e. The molecule has 0 atom stereocenters. The molecule has 0 fully saturated rings. The second-order valence-electron chi connectivity index (χ2n) is 5.52. The van der Waals surface area contributed by atoms with Crippen molar-refractivity contribution in [3.63, 3.8) is 0 Å². The number of primary amides is 1. The topological polar surface area (TPSA) is 122 Å². The standard InChI is InChI=1S/C11H21N3O4/c1-10(2,8(16)17)6-13-9(18)14-11(3,4)5-7(12)15/h5-6H2,1-4H3,(H2,12,15)(H,16,17)(H2,13,14,18). The summed E-state index contributed by atoms with van der Waals surface area (Å²) in [4.78, 5) is 33.1. The highest BCUT2D eigenvalue weighted by Crippen LogP contribution is 2.13. The van der Waals surface area contributed by atoms with Crippen molar-refractivity contribution >= 4 is 17.9 Å². The van der Waals surface area contributed by atoms with Crippen molar-refractivity contribution in [2.75, 3.05) is 6.54 Å². The van der Waals surface area contributed by atoms with E-state index in [0.29, 0.717) is 0 Å². The van der Waals surface area contributed by atoms with Gasteiger partial charge in [-0.15, -0.1) is 0 Å². The third-order valence-corrected chi connectivity index (χ3v) is 2.34. The van der Waals surface area contributed by atoms with Gasteiger partial charge in [0.15, 0.2) is 0 Å². The first-order valence-electron chi connectivity index (χ1n) is 5.54. The van der Waals surface area contributed by atoms with Gasteiger partial charge < -0.3 is 21.5 Å². The molecule has 0 aliphatic carbocycles. The van der Waals surface area contributed by atoms with Gasteiger partial charge in [-0.3, -0.25) is 9.59 Å². The summed E-state index contributed by atoms with van der Waals surface area (Å²) in [5.74, 6) is -1.52. The molecule has 0 aromatic rings. The smallest absolute Gasteiger partial charge is 0.315 e. The second-order valence-corrected chi connectivity index (χ2v) is 5.52. The van der Waals surface area contributed by atoms with Gasteiger partial charge >= 0.3 is 12.0 Å².